The number of oxazole rings is 1. The van der Waals surface area contributed by atoms with Crippen LogP contribution < -0.4 is 16.0 Å². The molecule has 4 rings (SSSR count). The van der Waals surface area contributed by atoms with Gasteiger partial charge in [0.1, 0.15) is 12.1 Å². The van der Waals surface area contributed by atoms with Crippen LogP contribution in [0.2, 0.25) is 0 Å². The highest BCUT2D eigenvalue weighted by Gasteiger charge is 2.24. The van der Waals surface area contributed by atoms with Crippen molar-refractivity contribution in [2.45, 2.75) is 12.8 Å². The number of primary amides is 1. The number of hydrogen-bond acceptors (Lipinski definition) is 7. The highest BCUT2D eigenvalue weighted by molar-refractivity contribution is 6.07. The zero-order chi connectivity index (χ0) is 20.5. The summed E-state index contributed by atoms with van der Waals surface area (Å²) in [6.45, 7) is 0.961. The van der Waals surface area contributed by atoms with Gasteiger partial charge in [0.2, 0.25) is 5.89 Å². The topological polar surface area (TPSA) is 132 Å². The Morgan fingerprint density at radius 3 is 2.93 bits per heavy atom. The summed E-state index contributed by atoms with van der Waals surface area (Å²) < 4.78 is 6.88. The molecule has 0 aromatic carbocycles. The van der Waals surface area contributed by atoms with Gasteiger partial charge in [0.15, 0.2) is 11.4 Å². The lowest BCUT2D eigenvalue weighted by molar-refractivity contribution is 0.0995. The molecule has 0 aliphatic heterocycles. The fourth-order valence-corrected chi connectivity index (χ4v) is 3.00. The smallest absolute Gasteiger partial charge is 0.277 e. The van der Waals surface area contributed by atoms with Gasteiger partial charge in [0.25, 0.3) is 11.8 Å². The molecule has 3 N–H and O–H groups in total. The number of nitrogens with one attached hydrogen (secondary N) is 1. The summed E-state index contributed by atoms with van der Waals surface area (Å²) in [5, 5.41) is 6.52. The van der Waals surface area contributed by atoms with E-state index in [9.17, 15) is 9.59 Å². The summed E-state index contributed by atoms with van der Waals surface area (Å²) in [6.07, 6.45) is 6.96. The predicted molar refractivity (Wildman–Crippen MR) is 105 cm³/mol. The number of amides is 2. The average Bonchev–Trinajstić information content (AvgIpc) is 3.22. The molecule has 29 heavy (non-hydrogen) atoms. The van der Waals surface area contributed by atoms with Gasteiger partial charge in [-0.05, 0) is 30.9 Å². The average molecular weight is 395 g/mol. The summed E-state index contributed by atoms with van der Waals surface area (Å²) in [7, 11) is 3.63. The van der Waals surface area contributed by atoms with Gasteiger partial charge in [-0.2, -0.15) is 5.10 Å². The largest absolute Gasteiger partial charge is 0.444 e. The van der Waals surface area contributed by atoms with E-state index in [0.717, 1.165) is 23.8 Å². The molecular formula is C19H21N7O3. The van der Waals surface area contributed by atoms with Crippen molar-refractivity contribution in [3.63, 3.8) is 0 Å². The third-order valence-corrected chi connectivity index (χ3v) is 4.66. The monoisotopic (exact) mass is 395 g/mol. The summed E-state index contributed by atoms with van der Waals surface area (Å²) in [6, 6.07) is 3.65. The molecule has 2 amide bonds. The van der Waals surface area contributed by atoms with E-state index in [0.29, 0.717) is 5.89 Å². The maximum absolute atomic E-state index is 12.5. The maximum Gasteiger partial charge on any atom is 0.277 e. The van der Waals surface area contributed by atoms with E-state index in [4.69, 9.17) is 10.2 Å². The van der Waals surface area contributed by atoms with Crippen LogP contribution in [0.1, 0.15) is 33.8 Å². The lowest BCUT2D eigenvalue weighted by Gasteiger charge is -2.17. The fraction of sp³-hybridized carbons (Fsp3) is 0.316. The predicted octanol–water partition coefficient (Wildman–Crippen LogP) is 1.67. The SMILES string of the molecule is CN(CC1CC1)c1cc(-c2nc(C(=O)Nc3cn(C)nc3C(N)=O)co2)ccn1. The lowest BCUT2D eigenvalue weighted by atomic mass is 10.2. The van der Waals surface area contributed by atoms with Crippen molar-refractivity contribution in [3.05, 3.63) is 42.2 Å². The van der Waals surface area contributed by atoms with Gasteiger partial charge in [0, 0.05) is 38.6 Å². The Labute approximate surface area is 166 Å². The molecule has 1 aliphatic carbocycles. The zero-order valence-electron chi connectivity index (χ0n) is 16.1. The molecule has 150 valence electrons. The van der Waals surface area contributed by atoms with Crippen molar-refractivity contribution in [2.24, 2.45) is 18.7 Å². The Balaban J connectivity index is 1.51. The molecule has 0 atom stereocenters. The zero-order valence-corrected chi connectivity index (χ0v) is 16.1. The second kappa shape index (κ2) is 7.38. The molecule has 0 radical (unpaired) electrons. The Bertz CT molecular complexity index is 1070. The molecule has 0 unspecified atom stereocenters. The van der Waals surface area contributed by atoms with E-state index in [1.807, 2.05) is 13.1 Å². The standard InChI is InChI=1S/C19H21N7O3/c1-25(8-11-3-4-11)15-7-12(5-6-21-15)19-23-14(10-29-19)18(28)22-13-9-26(2)24-16(13)17(20)27/h5-7,9-11H,3-4,8H2,1-2H3,(H2,20,27)(H,22,28). The summed E-state index contributed by atoms with van der Waals surface area (Å²) in [5.41, 5.74) is 6.26. The number of anilines is 2. The fourth-order valence-electron chi connectivity index (χ4n) is 3.00. The number of pyridine rings is 1. The van der Waals surface area contributed by atoms with Crippen molar-refractivity contribution >= 4 is 23.3 Å². The molecule has 3 heterocycles. The summed E-state index contributed by atoms with van der Waals surface area (Å²) in [4.78, 5) is 34.7. The molecule has 1 fully saturated rings. The van der Waals surface area contributed by atoms with Gasteiger partial charge < -0.3 is 20.4 Å². The number of carbonyl (C=O) groups excluding carboxylic acids is 2. The third kappa shape index (κ3) is 4.10. The minimum absolute atomic E-state index is 0.0259. The number of aromatic nitrogens is 4. The van der Waals surface area contributed by atoms with Crippen molar-refractivity contribution in [1.29, 1.82) is 0 Å². The van der Waals surface area contributed by atoms with E-state index >= 15 is 0 Å². The van der Waals surface area contributed by atoms with Crippen LogP contribution in [0.5, 0.6) is 0 Å². The number of rotatable bonds is 7. The molecule has 1 saturated carbocycles. The Morgan fingerprint density at radius 1 is 1.41 bits per heavy atom. The van der Waals surface area contributed by atoms with Crippen LogP contribution >= 0.6 is 0 Å². The van der Waals surface area contributed by atoms with E-state index in [1.165, 1.54) is 30.0 Å². The van der Waals surface area contributed by atoms with Gasteiger partial charge >= 0.3 is 0 Å². The Hall–Kier alpha value is -3.69. The molecule has 10 heteroatoms. The molecule has 0 spiro atoms. The number of hydrogen-bond donors (Lipinski definition) is 2. The minimum Gasteiger partial charge on any atom is -0.444 e. The maximum atomic E-state index is 12.5. The summed E-state index contributed by atoms with van der Waals surface area (Å²) in [5.74, 6) is 0.595. The first-order chi connectivity index (χ1) is 13.9. The number of carbonyl (C=O) groups is 2. The Morgan fingerprint density at radius 2 is 2.21 bits per heavy atom. The molecule has 3 aromatic heterocycles. The van der Waals surface area contributed by atoms with Gasteiger partial charge in [-0.15, -0.1) is 0 Å². The van der Waals surface area contributed by atoms with Crippen LogP contribution in [0.15, 0.2) is 35.2 Å². The van der Waals surface area contributed by atoms with Crippen molar-refractivity contribution in [3.8, 4) is 11.5 Å². The van der Waals surface area contributed by atoms with Crippen molar-refractivity contribution in [1.82, 2.24) is 19.7 Å². The highest BCUT2D eigenvalue weighted by Crippen LogP contribution is 2.31. The van der Waals surface area contributed by atoms with E-state index in [1.54, 1.807) is 19.3 Å². The lowest BCUT2D eigenvalue weighted by Crippen LogP contribution is -2.20. The van der Waals surface area contributed by atoms with Crippen LogP contribution in [-0.4, -0.2) is 45.2 Å². The number of aryl methyl sites for hydroxylation is 1. The van der Waals surface area contributed by atoms with Crippen LogP contribution in [-0.2, 0) is 7.05 Å². The Kier molecular flexibility index (Phi) is 4.75. The molecule has 10 nitrogen and oxygen atoms in total. The molecule has 3 aromatic rings. The third-order valence-electron chi connectivity index (χ3n) is 4.66. The summed E-state index contributed by atoms with van der Waals surface area (Å²) >= 11 is 0. The van der Waals surface area contributed by atoms with E-state index in [-0.39, 0.29) is 17.1 Å². The first-order valence-corrected chi connectivity index (χ1v) is 9.18. The quantitative estimate of drug-likeness (QED) is 0.622. The highest BCUT2D eigenvalue weighted by atomic mass is 16.3. The van der Waals surface area contributed by atoms with Gasteiger partial charge in [-0.1, -0.05) is 0 Å². The minimum atomic E-state index is -0.735. The van der Waals surface area contributed by atoms with Gasteiger partial charge in [-0.25, -0.2) is 9.97 Å². The first-order valence-electron chi connectivity index (χ1n) is 9.18. The van der Waals surface area contributed by atoms with Crippen LogP contribution in [0.25, 0.3) is 11.5 Å². The second-order valence-electron chi connectivity index (χ2n) is 7.15. The van der Waals surface area contributed by atoms with Crippen LogP contribution in [0.3, 0.4) is 0 Å². The van der Waals surface area contributed by atoms with Gasteiger partial charge in [-0.3, -0.25) is 14.3 Å². The van der Waals surface area contributed by atoms with E-state index < -0.39 is 11.8 Å². The first kappa shape index (κ1) is 18.7. The van der Waals surface area contributed by atoms with Crippen molar-refractivity contribution < 1.29 is 14.0 Å². The molecule has 1 aliphatic rings. The number of nitrogens with two attached hydrogens (primary N) is 1. The second-order valence-corrected chi connectivity index (χ2v) is 7.15. The normalized spacial score (nSPS) is 13.3. The molecule has 0 bridgehead atoms. The number of nitrogens with zero attached hydrogens (tertiary/aromatic N) is 5. The van der Waals surface area contributed by atoms with E-state index in [2.05, 4.69) is 25.3 Å². The van der Waals surface area contributed by atoms with Crippen LogP contribution in [0, 0.1) is 5.92 Å². The molecule has 0 saturated heterocycles. The van der Waals surface area contributed by atoms with Gasteiger partial charge in [0.05, 0.1) is 5.69 Å². The van der Waals surface area contributed by atoms with Crippen molar-refractivity contribution in [2.75, 3.05) is 23.8 Å². The molecular weight excluding hydrogens is 374 g/mol. The van der Waals surface area contributed by atoms with Crippen LogP contribution in [0.4, 0.5) is 11.5 Å².